The summed E-state index contributed by atoms with van der Waals surface area (Å²) in [6, 6.07) is 24.2. The molecule has 0 saturated carbocycles. The molecule has 0 aliphatic rings. The van der Waals surface area contributed by atoms with E-state index in [2.05, 4.69) is 50.5 Å². The van der Waals surface area contributed by atoms with Crippen molar-refractivity contribution >= 4 is 57.1 Å². The number of hydrogen-bond donors (Lipinski definition) is 1. The predicted molar refractivity (Wildman–Crippen MR) is 130 cm³/mol. The lowest BCUT2D eigenvalue weighted by molar-refractivity contribution is 0.0455. The van der Waals surface area contributed by atoms with Crippen LogP contribution in [0.4, 0.5) is 0 Å². The van der Waals surface area contributed by atoms with Crippen molar-refractivity contribution in [3.05, 3.63) is 103 Å². The first-order valence-electron chi connectivity index (χ1n) is 9.05. The van der Waals surface area contributed by atoms with Gasteiger partial charge in [-0.3, -0.25) is 4.79 Å². The fraction of sp³-hybridized carbons (Fsp3) is 0.130. The van der Waals surface area contributed by atoms with Crippen LogP contribution in [0.1, 0.15) is 26.3 Å². The van der Waals surface area contributed by atoms with Crippen LogP contribution < -0.4 is 5.32 Å². The minimum atomic E-state index is -0.392. The number of hydrogen-bond acceptors (Lipinski definition) is 3. The highest BCUT2D eigenvalue weighted by molar-refractivity contribution is 14.1. The standard InChI is InChI=1S/C23H19I2NO3/c24-20-12-6-4-10-18(20)22(27)26-17(14-16-8-2-1-3-9-16)15-29-23(28)19-11-5-7-13-21(19)25/h1-13,17H,14-15H2,(H,26,27). The van der Waals surface area contributed by atoms with E-state index in [1.165, 1.54) is 0 Å². The summed E-state index contributed by atoms with van der Waals surface area (Å²) < 4.78 is 7.25. The number of benzene rings is 3. The summed E-state index contributed by atoms with van der Waals surface area (Å²) in [6.07, 6.45) is 0.565. The van der Waals surface area contributed by atoms with E-state index in [0.717, 1.165) is 12.7 Å². The molecule has 29 heavy (non-hydrogen) atoms. The predicted octanol–water partition coefficient (Wildman–Crippen LogP) is 5.09. The lowest BCUT2D eigenvalue weighted by atomic mass is 10.1. The van der Waals surface area contributed by atoms with E-state index in [0.29, 0.717) is 17.5 Å². The molecule has 0 saturated heterocycles. The molecule has 0 bridgehead atoms. The maximum absolute atomic E-state index is 12.8. The molecule has 3 aromatic carbocycles. The molecule has 0 heterocycles. The van der Waals surface area contributed by atoms with E-state index in [1.807, 2.05) is 60.7 Å². The Kier molecular flexibility index (Phi) is 8.05. The SMILES string of the molecule is O=C(NC(COC(=O)c1ccccc1I)Cc1ccccc1)c1ccccc1I. The van der Waals surface area contributed by atoms with E-state index in [-0.39, 0.29) is 18.6 Å². The van der Waals surface area contributed by atoms with Crippen LogP contribution in [-0.4, -0.2) is 24.5 Å². The first-order chi connectivity index (χ1) is 14.0. The van der Waals surface area contributed by atoms with Crippen molar-refractivity contribution in [2.75, 3.05) is 6.61 Å². The normalized spacial score (nSPS) is 11.5. The molecule has 4 nitrogen and oxygen atoms in total. The number of amides is 1. The zero-order chi connectivity index (χ0) is 20.6. The number of carbonyl (C=O) groups excluding carboxylic acids is 2. The van der Waals surface area contributed by atoms with Gasteiger partial charge in [-0.2, -0.15) is 0 Å². The smallest absolute Gasteiger partial charge is 0.339 e. The zero-order valence-electron chi connectivity index (χ0n) is 15.5. The first-order valence-corrected chi connectivity index (χ1v) is 11.2. The molecule has 148 valence electrons. The van der Waals surface area contributed by atoms with Gasteiger partial charge >= 0.3 is 5.97 Å². The van der Waals surface area contributed by atoms with Gasteiger partial charge in [-0.05, 0) is 81.4 Å². The maximum Gasteiger partial charge on any atom is 0.339 e. The van der Waals surface area contributed by atoms with Gasteiger partial charge in [-0.15, -0.1) is 0 Å². The number of halogens is 2. The molecule has 3 aromatic rings. The number of ether oxygens (including phenoxy) is 1. The topological polar surface area (TPSA) is 55.4 Å². The molecule has 1 unspecified atom stereocenters. The molecule has 0 spiro atoms. The van der Waals surface area contributed by atoms with E-state index in [9.17, 15) is 9.59 Å². The summed E-state index contributed by atoms with van der Waals surface area (Å²) in [5, 5.41) is 3.02. The monoisotopic (exact) mass is 611 g/mol. The minimum Gasteiger partial charge on any atom is -0.460 e. The van der Waals surface area contributed by atoms with Crippen molar-refractivity contribution in [3.8, 4) is 0 Å². The van der Waals surface area contributed by atoms with Crippen molar-refractivity contribution in [1.29, 1.82) is 0 Å². The van der Waals surface area contributed by atoms with Crippen molar-refractivity contribution in [2.24, 2.45) is 0 Å². The summed E-state index contributed by atoms with van der Waals surface area (Å²) in [6.45, 7) is 0.0911. The Bertz CT molecular complexity index is 992. The van der Waals surface area contributed by atoms with Gasteiger partial charge in [0.1, 0.15) is 6.61 Å². The largest absolute Gasteiger partial charge is 0.460 e. The van der Waals surface area contributed by atoms with Gasteiger partial charge in [0.15, 0.2) is 0 Å². The number of nitrogens with one attached hydrogen (secondary N) is 1. The Balaban J connectivity index is 1.72. The van der Waals surface area contributed by atoms with Crippen LogP contribution in [0.5, 0.6) is 0 Å². The van der Waals surface area contributed by atoms with Gasteiger partial charge in [0.05, 0.1) is 17.2 Å². The highest BCUT2D eigenvalue weighted by Gasteiger charge is 2.19. The number of rotatable bonds is 7. The molecule has 0 aliphatic heterocycles. The van der Waals surface area contributed by atoms with Crippen LogP contribution in [0.2, 0.25) is 0 Å². The van der Waals surface area contributed by atoms with Gasteiger partial charge in [0.2, 0.25) is 0 Å². The molecule has 0 radical (unpaired) electrons. The fourth-order valence-electron chi connectivity index (χ4n) is 2.84. The van der Waals surface area contributed by atoms with Crippen LogP contribution in [0.3, 0.4) is 0 Å². The molecular weight excluding hydrogens is 592 g/mol. The van der Waals surface area contributed by atoms with Gasteiger partial charge < -0.3 is 10.1 Å². The number of esters is 1. The lowest BCUT2D eigenvalue weighted by Gasteiger charge is -2.20. The third kappa shape index (κ3) is 6.27. The molecule has 6 heteroatoms. The van der Waals surface area contributed by atoms with E-state index < -0.39 is 5.97 Å². The van der Waals surface area contributed by atoms with Crippen LogP contribution in [0.25, 0.3) is 0 Å². The van der Waals surface area contributed by atoms with Crippen LogP contribution in [-0.2, 0) is 11.2 Å². The summed E-state index contributed by atoms with van der Waals surface area (Å²) in [5.41, 5.74) is 2.19. The Labute approximate surface area is 197 Å². The van der Waals surface area contributed by atoms with Crippen LogP contribution in [0.15, 0.2) is 78.9 Å². The Hall–Kier alpha value is -1.94. The molecule has 3 rings (SSSR count). The summed E-state index contributed by atoms with van der Waals surface area (Å²) >= 11 is 4.25. The van der Waals surface area contributed by atoms with E-state index in [4.69, 9.17) is 4.74 Å². The molecule has 0 fully saturated rings. The van der Waals surface area contributed by atoms with Gasteiger partial charge in [0.25, 0.3) is 5.91 Å². The second kappa shape index (κ2) is 10.7. The van der Waals surface area contributed by atoms with Crippen molar-refractivity contribution in [1.82, 2.24) is 5.32 Å². The van der Waals surface area contributed by atoms with Crippen molar-refractivity contribution < 1.29 is 14.3 Å². The van der Waals surface area contributed by atoms with Gasteiger partial charge in [-0.1, -0.05) is 54.6 Å². The third-order valence-electron chi connectivity index (χ3n) is 4.29. The summed E-state index contributed by atoms with van der Waals surface area (Å²) in [4.78, 5) is 25.3. The summed E-state index contributed by atoms with van der Waals surface area (Å²) in [7, 11) is 0. The highest BCUT2D eigenvalue weighted by atomic mass is 127. The van der Waals surface area contributed by atoms with E-state index >= 15 is 0 Å². The highest BCUT2D eigenvalue weighted by Crippen LogP contribution is 2.15. The number of carbonyl (C=O) groups is 2. The Morgan fingerprint density at radius 1 is 0.793 bits per heavy atom. The average molecular weight is 611 g/mol. The molecule has 0 aromatic heterocycles. The van der Waals surface area contributed by atoms with Gasteiger partial charge in [-0.25, -0.2) is 4.79 Å². The fourth-order valence-corrected chi connectivity index (χ4v) is 4.08. The third-order valence-corrected chi connectivity index (χ3v) is 6.17. The molecule has 0 aliphatic carbocycles. The molecule has 1 amide bonds. The van der Waals surface area contributed by atoms with Gasteiger partial charge in [0, 0.05) is 7.14 Å². The molecule has 1 N–H and O–H groups in total. The Morgan fingerprint density at radius 2 is 1.34 bits per heavy atom. The van der Waals surface area contributed by atoms with Crippen molar-refractivity contribution in [3.63, 3.8) is 0 Å². The Morgan fingerprint density at radius 3 is 1.97 bits per heavy atom. The lowest BCUT2D eigenvalue weighted by Crippen LogP contribution is -2.40. The quantitative estimate of drug-likeness (QED) is 0.299. The second-order valence-electron chi connectivity index (χ2n) is 6.42. The van der Waals surface area contributed by atoms with Crippen LogP contribution in [0, 0.1) is 7.14 Å². The first kappa shape index (κ1) is 21.8. The maximum atomic E-state index is 12.8. The van der Waals surface area contributed by atoms with Crippen molar-refractivity contribution in [2.45, 2.75) is 12.5 Å². The zero-order valence-corrected chi connectivity index (χ0v) is 19.8. The van der Waals surface area contributed by atoms with Crippen LogP contribution >= 0.6 is 45.2 Å². The molecule has 1 atom stereocenters. The molecular formula is C23H19I2NO3. The second-order valence-corrected chi connectivity index (χ2v) is 8.74. The summed E-state index contributed by atoms with van der Waals surface area (Å²) in [5.74, 6) is -0.571. The minimum absolute atomic E-state index is 0.0911. The average Bonchev–Trinajstić information content (AvgIpc) is 2.73. The van der Waals surface area contributed by atoms with E-state index in [1.54, 1.807) is 18.2 Å².